The quantitative estimate of drug-likeness (QED) is 0.832. The molecule has 0 saturated heterocycles. The molecule has 2 N–H and O–H groups in total. The van der Waals surface area contributed by atoms with Gasteiger partial charge in [0.25, 0.3) is 0 Å². The molecule has 1 unspecified atom stereocenters. The SMILES string of the molecule is Cn1cc(SC(CN)c2ccsc2)cn1. The fraction of sp³-hybridized carbons (Fsp3) is 0.300. The second-order valence-corrected chi connectivity index (χ2v) is 5.30. The van der Waals surface area contributed by atoms with Crippen LogP contribution in [0.4, 0.5) is 0 Å². The number of aryl methyl sites for hydroxylation is 1. The van der Waals surface area contributed by atoms with E-state index in [1.807, 2.05) is 24.1 Å². The number of rotatable bonds is 4. The van der Waals surface area contributed by atoms with Gasteiger partial charge in [-0.1, -0.05) is 0 Å². The Morgan fingerprint density at radius 3 is 3.07 bits per heavy atom. The van der Waals surface area contributed by atoms with Gasteiger partial charge < -0.3 is 5.73 Å². The molecule has 0 aliphatic rings. The monoisotopic (exact) mass is 239 g/mol. The molecule has 0 aliphatic carbocycles. The summed E-state index contributed by atoms with van der Waals surface area (Å²) < 4.78 is 1.81. The maximum atomic E-state index is 5.78. The van der Waals surface area contributed by atoms with Crippen molar-refractivity contribution >= 4 is 23.1 Å². The van der Waals surface area contributed by atoms with Gasteiger partial charge in [-0.15, -0.1) is 11.8 Å². The van der Waals surface area contributed by atoms with Gasteiger partial charge in [-0.3, -0.25) is 4.68 Å². The van der Waals surface area contributed by atoms with Gasteiger partial charge >= 0.3 is 0 Å². The molecule has 0 saturated carbocycles. The Morgan fingerprint density at radius 2 is 2.53 bits per heavy atom. The molecule has 2 aromatic heterocycles. The zero-order valence-electron chi connectivity index (χ0n) is 8.46. The van der Waals surface area contributed by atoms with E-state index in [4.69, 9.17) is 5.73 Å². The summed E-state index contributed by atoms with van der Waals surface area (Å²) >= 11 is 3.47. The summed E-state index contributed by atoms with van der Waals surface area (Å²) in [5.41, 5.74) is 7.08. The van der Waals surface area contributed by atoms with Crippen LogP contribution in [0, 0.1) is 0 Å². The van der Waals surface area contributed by atoms with E-state index in [9.17, 15) is 0 Å². The summed E-state index contributed by atoms with van der Waals surface area (Å²) in [4.78, 5) is 1.17. The minimum absolute atomic E-state index is 0.334. The third-order valence-corrected chi connectivity index (χ3v) is 4.02. The maximum absolute atomic E-state index is 5.78. The summed E-state index contributed by atoms with van der Waals surface area (Å²) in [7, 11) is 1.92. The minimum Gasteiger partial charge on any atom is -0.329 e. The van der Waals surface area contributed by atoms with Crippen molar-refractivity contribution in [3.05, 3.63) is 34.8 Å². The van der Waals surface area contributed by atoms with Crippen LogP contribution in [0.2, 0.25) is 0 Å². The average Bonchev–Trinajstić information content (AvgIpc) is 2.85. The molecule has 2 heterocycles. The molecule has 0 fully saturated rings. The van der Waals surface area contributed by atoms with Crippen LogP contribution in [0.5, 0.6) is 0 Å². The Hall–Kier alpha value is -0.780. The van der Waals surface area contributed by atoms with Crippen molar-refractivity contribution in [1.82, 2.24) is 9.78 Å². The molecule has 0 aromatic carbocycles. The van der Waals surface area contributed by atoms with Gasteiger partial charge in [0.05, 0.1) is 6.20 Å². The molecular weight excluding hydrogens is 226 g/mol. The molecule has 0 aliphatic heterocycles. The second kappa shape index (κ2) is 4.83. The van der Waals surface area contributed by atoms with Crippen LogP contribution in [-0.4, -0.2) is 16.3 Å². The lowest BCUT2D eigenvalue weighted by Crippen LogP contribution is -2.08. The van der Waals surface area contributed by atoms with Crippen LogP contribution in [-0.2, 0) is 7.05 Å². The number of nitrogens with two attached hydrogens (primary N) is 1. The minimum atomic E-state index is 0.334. The predicted molar refractivity (Wildman–Crippen MR) is 65.2 cm³/mol. The zero-order chi connectivity index (χ0) is 10.7. The van der Waals surface area contributed by atoms with Crippen molar-refractivity contribution in [2.75, 3.05) is 6.54 Å². The van der Waals surface area contributed by atoms with Gasteiger partial charge in [-0.2, -0.15) is 16.4 Å². The summed E-state index contributed by atoms with van der Waals surface area (Å²) in [6.07, 6.45) is 3.89. The standard InChI is InChI=1S/C10H13N3S2/c1-13-6-9(5-12-13)15-10(4-11)8-2-3-14-7-8/h2-3,5-7,10H,4,11H2,1H3. The number of thioether (sulfide) groups is 1. The largest absolute Gasteiger partial charge is 0.329 e. The van der Waals surface area contributed by atoms with Gasteiger partial charge in [0, 0.05) is 29.9 Å². The Bertz CT molecular complexity index is 408. The molecule has 1 atom stereocenters. The molecule has 0 amide bonds. The van der Waals surface area contributed by atoms with Crippen molar-refractivity contribution < 1.29 is 0 Å². The van der Waals surface area contributed by atoms with Gasteiger partial charge in [-0.05, 0) is 22.4 Å². The molecule has 0 spiro atoms. The van der Waals surface area contributed by atoms with E-state index in [0.29, 0.717) is 11.8 Å². The number of aromatic nitrogens is 2. The summed E-state index contributed by atoms with van der Waals surface area (Å²) in [5, 5.41) is 8.72. The van der Waals surface area contributed by atoms with Crippen molar-refractivity contribution in [2.45, 2.75) is 10.1 Å². The Labute approximate surface area is 97.3 Å². The van der Waals surface area contributed by atoms with E-state index in [2.05, 4.69) is 21.9 Å². The first-order chi connectivity index (χ1) is 7.29. The molecule has 0 radical (unpaired) electrons. The fourth-order valence-corrected chi connectivity index (χ4v) is 3.16. The summed E-state index contributed by atoms with van der Waals surface area (Å²) in [5.74, 6) is 0. The highest BCUT2D eigenvalue weighted by Gasteiger charge is 2.12. The van der Waals surface area contributed by atoms with Gasteiger partial charge in [0.2, 0.25) is 0 Å². The number of thiophene rings is 1. The topological polar surface area (TPSA) is 43.8 Å². The van der Waals surface area contributed by atoms with Crippen molar-refractivity contribution in [3.63, 3.8) is 0 Å². The van der Waals surface area contributed by atoms with Gasteiger partial charge in [0.15, 0.2) is 0 Å². The highest BCUT2D eigenvalue weighted by Crippen LogP contribution is 2.34. The van der Waals surface area contributed by atoms with Crippen LogP contribution in [0.15, 0.2) is 34.1 Å². The number of nitrogens with zero attached hydrogens (tertiary/aromatic N) is 2. The van der Waals surface area contributed by atoms with E-state index >= 15 is 0 Å². The third kappa shape index (κ3) is 2.62. The predicted octanol–water partition coefficient (Wildman–Crippen LogP) is 2.27. The first-order valence-electron chi connectivity index (χ1n) is 4.67. The lowest BCUT2D eigenvalue weighted by atomic mass is 10.2. The smallest absolute Gasteiger partial charge is 0.0626 e. The van der Waals surface area contributed by atoms with Crippen molar-refractivity contribution in [3.8, 4) is 0 Å². The molecular formula is C10H13N3S2. The van der Waals surface area contributed by atoms with Gasteiger partial charge in [-0.25, -0.2) is 0 Å². The van der Waals surface area contributed by atoms with Crippen LogP contribution in [0.25, 0.3) is 0 Å². The second-order valence-electron chi connectivity index (χ2n) is 3.25. The lowest BCUT2D eigenvalue weighted by Gasteiger charge is -2.10. The van der Waals surface area contributed by atoms with E-state index < -0.39 is 0 Å². The Balaban J connectivity index is 2.09. The van der Waals surface area contributed by atoms with Crippen LogP contribution < -0.4 is 5.73 Å². The number of hydrogen-bond acceptors (Lipinski definition) is 4. The van der Waals surface area contributed by atoms with E-state index in [1.165, 1.54) is 10.5 Å². The fourth-order valence-electron chi connectivity index (χ4n) is 1.33. The summed E-state index contributed by atoms with van der Waals surface area (Å²) in [6.45, 7) is 0.649. The van der Waals surface area contributed by atoms with Crippen molar-refractivity contribution in [2.24, 2.45) is 12.8 Å². The molecule has 0 bridgehead atoms. The molecule has 80 valence electrons. The first-order valence-corrected chi connectivity index (χ1v) is 6.49. The Kier molecular flexibility index (Phi) is 3.45. The first kappa shape index (κ1) is 10.7. The van der Waals surface area contributed by atoms with E-state index in [-0.39, 0.29) is 0 Å². The average molecular weight is 239 g/mol. The van der Waals surface area contributed by atoms with Crippen LogP contribution in [0.3, 0.4) is 0 Å². The molecule has 2 rings (SSSR count). The van der Waals surface area contributed by atoms with E-state index in [1.54, 1.807) is 23.1 Å². The van der Waals surface area contributed by atoms with Gasteiger partial charge in [0.1, 0.15) is 0 Å². The van der Waals surface area contributed by atoms with Crippen LogP contribution >= 0.6 is 23.1 Å². The maximum Gasteiger partial charge on any atom is 0.0626 e. The lowest BCUT2D eigenvalue weighted by molar-refractivity contribution is 0.766. The third-order valence-electron chi connectivity index (χ3n) is 2.09. The van der Waals surface area contributed by atoms with Crippen molar-refractivity contribution in [1.29, 1.82) is 0 Å². The molecule has 3 nitrogen and oxygen atoms in total. The van der Waals surface area contributed by atoms with E-state index in [0.717, 1.165) is 0 Å². The Morgan fingerprint density at radius 1 is 1.67 bits per heavy atom. The zero-order valence-corrected chi connectivity index (χ0v) is 10.1. The van der Waals surface area contributed by atoms with Crippen LogP contribution in [0.1, 0.15) is 10.8 Å². The molecule has 15 heavy (non-hydrogen) atoms. The summed E-state index contributed by atoms with van der Waals surface area (Å²) in [6, 6.07) is 2.13. The molecule has 2 aromatic rings. The molecule has 5 heteroatoms. The highest BCUT2D eigenvalue weighted by molar-refractivity contribution is 7.99. The highest BCUT2D eigenvalue weighted by atomic mass is 32.2. The normalized spacial score (nSPS) is 12.9. The number of hydrogen-bond donors (Lipinski definition) is 1.